The van der Waals surface area contributed by atoms with Crippen LogP contribution in [0.5, 0.6) is 0 Å². The number of sulfonamides is 1. The highest BCUT2D eigenvalue weighted by Gasteiger charge is 2.17. The summed E-state index contributed by atoms with van der Waals surface area (Å²) < 4.78 is 35.3. The van der Waals surface area contributed by atoms with Crippen molar-refractivity contribution in [2.24, 2.45) is 0 Å². The van der Waals surface area contributed by atoms with Crippen LogP contribution in [0, 0.1) is 0 Å². The van der Waals surface area contributed by atoms with Gasteiger partial charge < -0.3 is 9.26 Å². The molecule has 0 aliphatic heterocycles. The predicted molar refractivity (Wildman–Crippen MR) is 98.8 cm³/mol. The average Bonchev–Trinajstić information content (AvgIpc) is 3.08. The minimum Gasteiger partial charge on any atom is -0.452 e. The first-order valence-corrected chi connectivity index (χ1v) is 9.91. The number of anilines is 1. The van der Waals surface area contributed by atoms with Crippen LogP contribution in [-0.2, 0) is 21.4 Å². The Labute approximate surface area is 160 Å². The zero-order valence-corrected chi connectivity index (χ0v) is 15.6. The topological polar surface area (TPSA) is 111 Å². The van der Waals surface area contributed by atoms with Crippen LogP contribution in [0.3, 0.4) is 0 Å². The van der Waals surface area contributed by atoms with E-state index < -0.39 is 16.0 Å². The molecule has 0 fully saturated rings. The van der Waals surface area contributed by atoms with E-state index in [0.717, 1.165) is 6.26 Å². The molecule has 140 valence electrons. The van der Waals surface area contributed by atoms with Gasteiger partial charge >= 0.3 is 5.97 Å². The molecule has 0 spiro atoms. The molecule has 0 saturated heterocycles. The van der Waals surface area contributed by atoms with Crippen LogP contribution in [-0.4, -0.2) is 30.8 Å². The molecule has 3 aromatic rings. The van der Waals surface area contributed by atoms with Gasteiger partial charge in [-0.15, -0.1) is 0 Å². The standard InChI is InChI=1S/C17H14ClN3O5S/c1-27(23,24)21-14-5-3-2-4-13(14)17(22)25-10-15-19-16(20-26-15)11-6-8-12(18)9-7-11/h2-9,21H,10H2,1H3. The number of nitrogens with one attached hydrogen (secondary N) is 1. The van der Waals surface area contributed by atoms with E-state index in [1.54, 1.807) is 36.4 Å². The number of benzene rings is 2. The van der Waals surface area contributed by atoms with E-state index in [2.05, 4.69) is 14.9 Å². The quantitative estimate of drug-likeness (QED) is 0.624. The van der Waals surface area contributed by atoms with Crippen molar-refractivity contribution in [1.29, 1.82) is 0 Å². The number of hydrogen-bond acceptors (Lipinski definition) is 7. The third-order valence-corrected chi connectivity index (χ3v) is 4.18. The SMILES string of the molecule is CS(=O)(=O)Nc1ccccc1C(=O)OCc1nc(-c2ccc(Cl)cc2)no1. The number of rotatable bonds is 6. The number of carbonyl (C=O) groups is 1. The van der Waals surface area contributed by atoms with Crippen LogP contribution in [0.4, 0.5) is 5.69 Å². The summed E-state index contributed by atoms with van der Waals surface area (Å²) in [7, 11) is -3.54. The van der Waals surface area contributed by atoms with Crippen molar-refractivity contribution in [1.82, 2.24) is 10.1 Å². The molecule has 27 heavy (non-hydrogen) atoms. The fourth-order valence-electron chi connectivity index (χ4n) is 2.18. The number of para-hydroxylation sites is 1. The molecule has 8 nitrogen and oxygen atoms in total. The van der Waals surface area contributed by atoms with Crippen molar-refractivity contribution < 1.29 is 22.5 Å². The third kappa shape index (κ3) is 5.05. The first-order valence-electron chi connectivity index (χ1n) is 7.64. The highest BCUT2D eigenvalue weighted by atomic mass is 35.5. The Kier molecular flexibility index (Phi) is 5.43. The number of hydrogen-bond donors (Lipinski definition) is 1. The summed E-state index contributed by atoms with van der Waals surface area (Å²) in [5, 5.41) is 4.40. The molecule has 0 bridgehead atoms. The number of halogens is 1. The average molecular weight is 408 g/mol. The molecule has 0 unspecified atom stereocenters. The van der Waals surface area contributed by atoms with Crippen LogP contribution in [0.2, 0.25) is 5.02 Å². The summed E-state index contributed by atoms with van der Waals surface area (Å²) in [4.78, 5) is 16.4. The second-order valence-electron chi connectivity index (χ2n) is 5.51. The van der Waals surface area contributed by atoms with Crippen molar-refractivity contribution in [2.75, 3.05) is 11.0 Å². The van der Waals surface area contributed by atoms with Gasteiger partial charge in [0, 0.05) is 10.6 Å². The molecule has 1 heterocycles. The van der Waals surface area contributed by atoms with Gasteiger partial charge in [-0.25, -0.2) is 13.2 Å². The number of esters is 1. The van der Waals surface area contributed by atoms with Gasteiger partial charge in [-0.3, -0.25) is 4.72 Å². The maximum absolute atomic E-state index is 12.3. The van der Waals surface area contributed by atoms with Gasteiger partial charge in [0.25, 0.3) is 5.89 Å². The lowest BCUT2D eigenvalue weighted by molar-refractivity contribution is 0.0431. The fraction of sp³-hybridized carbons (Fsp3) is 0.118. The molecule has 1 aromatic heterocycles. The van der Waals surface area contributed by atoms with Crippen LogP contribution >= 0.6 is 11.6 Å². The molecular weight excluding hydrogens is 394 g/mol. The fourth-order valence-corrected chi connectivity index (χ4v) is 2.89. The van der Waals surface area contributed by atoms with Crippen molar-refractivity contribution in [3.63, 3.8) is 0 Å². The normalized spacial score (nSPS) is 11.2. The number of carbonyl (C=O) groups excluding carboxylic acids is 1. The summed E-state index contributed by atoms with van der Waals surface area (Å²) >= 11 is 5.84. The van der Waals surface area contributed by atoms with E-state index in [4.69, 9.17) is 20.9 Å². The van der Waals surface area contributed by atoms with E-state index in [1.807, 2.05) is 0 Å². The molecular formula is C17H14ClN3O5S. The van der Waals surface area contributed by atoms with Crippen molar-refractivity contribution >= 4 is 33.3 Å². The maximum Gasteiger partial charge on any atom is 0.340 e. The molecule has 0 radical (unpaired) electrons. The molecule has 10 heteroatoms. The Hall–Kier alpha value is -2.91. The molecule has 0 amide bonds. The summed E-state index contributed by atoms with van der Waals surface area (Å²) in [5.74, 6) is -0.299. The lowest BCUT2D eigenvalue weighted by Gasteiger charge is -2.09. The minimum atomic E-state index is -3.54. The van der Waals surface area contributed by atoms with Gasteiger partial charge in [0.15, 0.2) is 6.61 Å². The third-order valence-electron chi connectivity index (χ3n) is 3.34. The van der Waals surface area contributed by atoms with E-state index in [-0.39, 0.29) is 23.7 Å². The van der Waals surface area contributed by atoms with Gasteiger partial charge in [0.05, 0.1) is 17.5 Å². The Bertz CT molecular complexity index is 1060. The number of ether oxygens (including phenoxy) is 1. The van der Waals surface area contributed by atoms with Gasteiger partial charge in [-0.1, -0.05) is 28.9 Å². The van der Waals surface area contributed by atoms with Crippen molar-refractivity contribution in [3.05, 3.63) is 65.0 Å². The van der Waals surface area contributed by atoms with Crippen LogP contribution < -0.4 is 4.72 Å². The Morgan fingerprint density at radius 3 is 2.59 bits per heavy atom. The smallest absolute Gasteiger partial charge is 0.340 e. The molecule has 0 aliphatic carbocycles. The van der Waals surface area contributed by atoms with E-state index in [9.17, 15) is 13.2 Å². The highest BCUT2D eigenvalue weighted by molar-refractivity contribution is 7.92. The Morgan fingerprint density at radius 2 is 1.89 bits per heavy atom. The molecule has 0 aliphatic rings. The lowest BCUT2D eigenvalue weighted by Crippen LogP contribution is -2.14. The maximum atomic E-state index is 12.3. The van der Waals surface area contributed by atoms with E-state index >= 15 is 0 Å². The zero-order chi connectivity index (χ0) is 19.4. The summed E-state index contributed by atoms with van der Waals surface area (Å²) in [5.41, 5.74) is 0.890. The van der Waals surface area contributed by atoms with Crippen LogP contribution in [0.15, 0.2) is 53.1 Å². The molecule has 0 saturated carbocycles. The van der Waals surface area contributed by atoms with E-state index in [1.165, 1.54) is 12.1 Å². The second-order valence-corrected chi connectivity index (χ2v) is 7.70. The Morgan fingerprint density at radius 1 is 1.19 bits per heavy atom. The van der Waals surface area contributed by atoms with Crippen molar-refractivity contribution in [2.45, 2.75) is 6.61 Å². The summed E-state index contributed by atoms with van der Waals surface area (Å²) in [6.45, 7) is -0.257. The van der Waals surface area contributed by atoms with Gasteiger partial charge in [0.2, 0.25) is 15.8 Å². The van der Waals surface area contributed by atoms with Crippen LogP contribution in [0.25, 0.3) is 11.4 Å². The Balaban J connectivity index is 1.69. The molecule has 0 atom stereocenters. The zero-order valence-electron chi connectivity index (χ0n) is 14.0. The first kappa shape index (κ1) is 18.9. The molecule has 1 N–H and O–H groups in total. The minimum absolute atomic E-state index is 0.0698. The molecule has 2 aromatic carbocycles. The number of aromatic nitrogens is 2. The summed E-state index contributed by atoms with van der Waals surface area (Å²) in [6.07, 6.45) is 0.992. The largest absolute Gasteiger partial charge is 0.452 e. The monoisotopic (exact) mass is 407 g/mol. The van der Waals surface area contributed by atoms with Crippen LogP contribution in [0.1, 0.15) is 16.2 Å². The second kappa shape index (κ2) is 7.77. The lowest BCUT2D eigenvalue weighted by atomic mass is 10.2. The van der Waals surface area contributed by atoms with Gasteiger partial charge in [0.1, 0.15) is 0 Å². The van der Waals surface area contributed by atoms with Gasteiger partial charge in [-0.05, 0) is 36.4 Å². The van der Waals surface area contributed by atoms with Crippen molar-refractivity contribution in [3.8, 4) is 11.4 Å². The summed E-state index contributed by atoms with van der Waals surface area (Å²) in [6, 6.07) is 12.9. The predicted octanol–water partition coefficient (Wildman–Crippen LogP) is 3.12. The molecule has 3 rings (SSSR count). The number of nitrogens with zero attached hydrogens (tertiary/aromatic N) is 2. The first-order chi connectivity index (χ1) is 12.8. The van der Waals surface area contributed by atoms with Gasteiger partial charge in [-0.2, -0.15) is 4.98 Å². The van der Waals surface area contributed by atoms with E-state index in [0.29, 0.717) is 16.4 Å². The highest BCUT2D eigenvalue weighted by Crippen LogP contribution is 2.20.